The molecule has 2 aromatic heterocycles. The van der Waals surface area contributed by atoms with Gasteiger partial charge in [-0.3, -0.25) is 9.89 Å². The average Bonchev–Trinajstić information content (AvgIpc) is 3.20. The van der Waals surface area contributed by atoms with Crippen LogP contribution in [0.2, 0.25) is 0 Å². The van der Waals surface area contributed by atoms with E-state index in [1.54, 1.807) is 0 Å². The van der Waals surface area contributed by atoms with Gasteiger partial charge in [0.05, 0.1) is 12.2 Å². The molecule has 0 saturated heterocycles. The van der Waals surface area contributed by atoms with Crippen molar-refractivity contribution in [2.24, 2.45) is 5.92 Å². The fourth-order valence-corrected chi connectivity index (χ4v) is 5.00. The van der Waals surface area contributed by atoms with Crippen LogP contribution in [0.3, 0.4) is 0 Å². The van der Waals surface area contributed by atoms with Crippen molar-refractivity contribution in [1.29, 1.82) is 0 Å². The lowest BCUT2D eigenvalue weighted by Gasteiger charge is -2.25. The summed E-state index contributed by atoms with van der Waals surface area (Å²) in [7, 11) is 0. The first-order chi connectivity index (χ1) is 15.2. The van der Waals surface area contributed by atoms with Crippen LogP contribution in [0.15, 0.2) is 36.7 Å². The molecule has 2 N–H and O–H groups in total. The summed E-state index contributed by atoms with van der Waals surface area (Å²) < 4.78 is 0. The lowest BCUT2D eigenvalue weighted by molar-refractivity contribution is -0.132. The molecule has 1 saturated carbocycles. The summed E-state index contributed by atoms with van der Waals surface area (Å²) in [6.07, 6.45) is 8.29. The zero-order valence-corrected chi connectivity index (χ0v) is 17.3. The molecule has 1 fully saturated rings. The fourth-order valence-electron chi connectivity index (χ4n) is 5.00. The molecule has 8 nitrogen and oxygen atoms in total. The molecule has 158 valence electrons. The number of amides is 1. The highest BCUT2D eigenvalue weighted by molar-refractivity contribution is 5.77. The third kappa shape index (κ3) is 3.66. The molecule has 1 aromatic carbocycles. The van der Waals surface area contributed by atoms with Crippen molar-refractivity contribution in [3.8, 4) is 0 Å². The number of aromatic nitrogens is 5. The molecule has 1 amide bonds. The van der Waals surface area contributed by atoms with Gasteiger partial charge < -0.3 is 10.2 Å². The van der Waals surface area contributed by atoms with E-state index in [1.807, 2.05) is 17.3 Å². The van der Waals surface area contributed by atoms with Crippen molar-refractivity contribution in [1.82, 2.24) is 30.3 Å². The normalized spacial score (nSPS) is 22.1. The van der Waals surface area contributed by atoms with E-state index in [-0.39, 0.29) is 5.91 Å². The summed E-state index contributed by atoms with van der Waals surface area (Å²) in [6.45, 7) is 1.30. The van der Waals surface area contributed by atoms with Crippen molar-refractivity contribution < 1.29 is 4.79 Å². The Hall–Kier alpha value is -3.29. The number of benzene rings is 1. The molecule has 0 spiro atoms. The van der Waals surface area contributed by atoms with E-state index in [4.69, 9.17) is 0 Å². The Balaban J connectivity index is 1.02. The number of nitrogens with one attached hydrogen (secondary N) is 2. The second-order valence-electron chi connectivity index (χ2n) is 8.97. The van der Waals surface area contributed by atoms with Gasteiger partial charge in [-0.25, -0.2) is 9.97 Å². The third-order valence-corrected chi connectivity index (χ3v) is 6.87. The number of carbonyl (C=O) groups excluding carboxylic acids is 1. The second-order valence-corrected chi connectivity index (χ2v) is 8.97. The molecular weight excluding hydrogens is 390 g/mol. The number of aromatic amines is 1. The highest BCUT2D eigenvalue weighted by Gasteiger charge is 2.41. The predicted molar refractivity (Wildman–Crippen MR) is 114 cm³/mol. The minimum atomic E-state index is 0.209. The number of H-pyrrole nitrogens is 1. The van der Waals surface area contributed by atoms with Crippen LogP contribution in [0.25, 0.3) is 0 Å². The maximum Gasteiger partial charge on any atom is 0.223 e. The van der Waals surface area contributed by atoms with Gasteiger partial charge in [-0.1, -0.05) is 29.5 Å². The van der Waals surface area contributed by atoms with Crippen LogP contribution in [0, 0.1) is 5.92 Å². The number of anilines is 1. The summed E-state index contributed by atoms with van der Waals surface area (Å²) in [5.74, 6) is 1.67. The Labute approximate surface area is 180 Å². The number of nitrogens with zero attached hydrogens (tertiary/aromatic N) is 5. The Bertz CT molecular complexity index is 1080. The summed E-state index contributed by atoms with van der Waals surface area (Å²) >= 11 is 0. The SMILES string of the molecule is O=C(CC1CC1c1cnc(NC2Cc3ccccc3C2)nc1)N1CCc2[nH]nnc2C1. The van der Waals surface area contributed by atoms with E-state index in [1.165, 1.54) is 11.1 Å². The Morgan fingerprint density at radius 2 is 1.94 bits per heavy atom. The Kier molecular flexibility index (Phi) is 4.44. The number of fused-ring (bicyclic) bond motifs is 2. The number of hydrogen-bond acceptors (Lipinski definition) is 6. The minimum Gasteiger partial charge on any atom is -0.351 e. The molecular formula is C23H25N7O. The Morgan fingerprint density at radius 3 is 2.71 bits per heavy atom. The molecule has 3 aromatic rings. The van der Waals surface area contributed by atoms with Crippen molar-refractivity contribution >= 4 is 11.9 Å². The molecule has 0 radical (unpaired) electrons. The van der Waals surface area contributed by atoms with Crippen LogP contribution >= 0.6 is 0 Å². The lowest BCUT2D eigenvalue weighted by atomic mass is 10.1. The fraction of sp³-hybridized carbons (Fsp3) is 0.435. The van der Waals surface area contributed by atoms with Crippen LogP contribution in [0.1, 0.15) is 46.8 Å². The van der Waals surface area contributed by atoms with Gasteiger partial charge in [0.15, 0.2) is 0 Å². The van der Waals surface area contributed by atoms with Crippen LogP contribution in [0.5, 0.6) is 0 Å². The van der Waals surface area contributed by atoms with Crippen molar-refractivity contribution in [3.63, 3.8) is 0 Å². The zero-order valence-electron chi connectivity index (χ0n) is 17.3. The second kappa shape index (κ2) is 7.44. The molecule has 2 unspecified atom stereocenters. The lowest BCUT2D eigenvalue weighted by Crippen LogP contribution is -2.36. The smallest absolute Gasteiger partial charge is 0.223 e. The van der Waals surface area contributed by atoms with Crippen LogP contribution in [-0.2, 0) is 30.6 Å². The standard InChI is InChI=1S/C23H25N7O/c31-22(30-6-5-20-21(13-30)28-29-27-20)10-16-9-19(16)17-11-24-23(25-12-17)26-18-7-14-3-1-2-4-15(14)8-18/h1-4,11-12,16,18-19H,5-10,13H2,(H,24,25,26)(H,27,28,29). The summed E-state index contributed by atoms with van der Waals surface area (Å²) in [4.78, 5) is 23.7. The molecule has 1 aliphatic heterocycles. The van der Waals surface area contributed by atoms with Gasteiger partial charge in [0.1, 0.15) is 5.69 Å². The minimum absolute atomic E-state index is 0.209. The average molecular weight is 416 g/mol. The summed E-state index contributed by atoms with van der Waals surface area (Å²) in [6, 6.07) is 8.94. The molecule has 3 aliphatic rings. The topological polar surface area (TPSA) is 99.7 Å². The largest absolute Gasteiger partial charge is 0.351 e. The quantitative estimate of drug-likeness (QED) is 0.663. The first kappa shape index (κ1) is 18.5. The van der Waals surface area contributed by atoms with Gasteiger partial charge in [0.25, 0.3) is 0 Å². The van der Waals surface area contributed by atoms with Gasteiger partial charge in [-0.15, -0.1) is 5.10 Å². The van der Waals surface area contributed by atoms with E-state index in [2.05, 4.69) is 55.0 Å². The molecule has 31 heavy (non-hydrogen) atoms. The maximum atomic E-state index is 12.7. The number of rotatable bonds is 5. The van der Waals surface area contributed by atoms with E-state index in [0.29, 0.717) is 36.8 Å². The van der Waals surface area contributed by atoms with Crippen molar-refractivity contribution in [2.45, 2.75) is 50.6 Å². The Morgan fingerprint density at radius 1 is 1.16 bits per heavy atom. The van der Waals surface area contributed by atoms with E-state index in [9.17, 15) is 4.79 Å². The van der Waals surface area contributed by atoms with E-state index in [0.717, 1.165) is 49.2 Å². The monoisotopic (exact) mass is 415 g/mol. The highest BCUT2D eigenvalue weighted by Crippen LogP contribution is 2.49. The number of hydrogen-bond donors (Lipinski definition) is 2. The zero-order chi connectivity index (χ0) is 20.8. The molecule has 2 atom stereocenters. The van der Waals surface area contributed by atoms with Crippen molar-refractivity contribution in [3.05, 3.63) is 64.7 Å². The number of carbonyl (C=O) groups is 1. The molecule has 8 heteroatoms. The van der Waals surface area contributed by atoms with E-state index >= 15 is 0 Å². The first-order valence-corrected chi connectivity index (χ1v) is 11.0. The van der Waals surface area contributed by atoms with Crippen molar-refractivity contribution in [2.75, 3.05) is 11.9 Å². The summed E-state index contributed by atoms with van der Waals surface area (Å²) in [5.41, 5.74) is 5.91. The molecule has 2 aliphatic carbocycles. The van der Waals surface area contributed by atoms with Gasteiger partial charge in [0.2, 0.25) is 11.9 Å². The molecule has 3 heterocycles. The maximum absolute atomic E-state index is 12.7. The summed E-state index contributed by atoms with van der Waals surface area (Å²) in [5, 5.41) is 14.3. The third-order valence-electron chi connectivity index (χ3n) is 6.87. The van der Waals surface area contributed by atoms with Crippen LogP contribution < -0.4 is 5.32 Å². The van der Waals surface area contributed by atoms with Crippen LogP contribution in [0.4, 0.5) is 5.95 Å². The van der Waals surface area contributed by atoms with Gasteiger partial charge in [-0.05, 0) is 47.8 Å². The van der Waals surface area contributed by atoms with E-state index < -0.39 is 0 Å². The van der Waals surface area contributed by atoms with Gasteiger partial charge >= 0.3 is 0 Å². The first-order valence-electron chi connectivity index (χ1n) is 11.0. The predicted octanol–water partition coefficient (Wildman–Crippen LogP) is 2.25. The molecule has 0 bridgehead atoms. The highest BCUT2D eigenvalue weighted by atomic mass is 16.2. The van der Waals surface area contributed by atoms with Gasteiger partial charge in [0, 0.05) is 37.8 Å². The van der Waals surface area contributed by atoms with Gasteiger partial charge in [-0.2, -0.15) is 0 Å². The molecule has 6 rings (SSSR count). The van der Waals surface area contributed by atoms with Crippen LogP contribution in [-0.4, -0.2) is 48.8 Å².